The Labute approximate surface area is 229 Å². The molecule has 1 aromatic heterocycles. The number of hydrogen-bond donors (Lipinski definition) is 2. The van der Waals surface area contributed by atoms with E-state index >= 15 is 0 Å². The average Bonchev–Trinajstić information content (AvgIpc) is 3.13. The summed E-state index contributed by atoms with van der Waals surface area (Å²) in [6.45, 7) is 11.5. The van der Waals surface area contributed by atoms with Crippen LogP contribution in [-0.4, -0.2) is 78.2 Å². The highest BCUT2D eigenvalue weighted by Gasteiger charge is 2.35. The van der Waals surface area contributed by atoms with E-state index in [2.05, 4.69) is 45.4 Å². The molecule has 0 bridgehead atoms. The van der Waals surface area contributed by atoms with E-state index in [1.807, 2.05) is 19.1 Å². The third-order valence-electron chi connectivity index (χ3n) is 6.94. The van der Waals surface area contributed by atoms with Gasteiger partial charge >= 0.3 is 6.18 Å². The summed E-state index contributed by atoms with van der Waals surface area (Å²) in [5.74, 6) is -0.190. The lowest BCUT2D eigenvalue weighted by atomic mass is 10.0. The summed E-state index contributed by atoms with van der Waals surface area (Å²) < 4.78 is 46.3. The van der Waals surface area contributed by atoms with E-state index in [1.165, 1.54) is 5.56 Å². The molecule has 0 spiro atoms. The largest absolute Gasteiger partial charge is 0.421 e. The fourth-order valence-electron chi connectivity index (χ4n) is 4.60. The van der Waals surface area contributed by atoms with Gasteiger partial charge in [0.25, 0.3) is 0 Å². The summed E-state index contributed by atoms with van der Waals surface area (Å²) in [5, 5.41) is 5.92. The van der Waals surface area contributed by atoms with Gasteiger partial charge in [0.05, 0.1) is 19.6 Å². The van der Waals surface area contributed by atoms with Crippen LogP contribution >= 0.6 is 0 Å². The lowest BCUT2D eigenvalue weighted by Crippen LogP contribution is -2.33. The number of amides is 1. The first-order valence-electron chi connectivity index (χ1n) is 13.9. The molecule has 2 heterocycles. The van der Waals surface area contributed by atoms with Crippen LogP contribution in [-0.2, 0) is 28.5 Å². The van der Waals surface area contributed by atoms with Gasteiger partial charge in [-0.3, -0.25) is 4.79 Å². The molecule has 216 valence electrons. The summed E-state index contributed by atoms with van der Waals surface area (Å²) in [6, 6.07) is 6.13. The standard InChI is InChI=1S/C28H41F3N6O2/c1-4-22-19-21(9-7-14-36(5-2)6-3)10-11-24(22)34-27-33-20-23(28(29,30)31)26(35-27)32-13-8-15-37-16-18-39-17-12-25(37)38/h10-11,19-20H,4-9,12-18H2,1-3H3,(H2,32,33,34,35). The van der Waals surface area contributed by atoms with E-state index in [1.54, 1.807) is 4.90 Å². The second-order valence-electron chi connectivity index (χ2n) is 9.58. The molecule has 3 rings (SSSR count). The summed E-state index contributed by atoms with van der Waals surface area (Å²) in [7, 11) is 0. The minimum absolute atomic E-state index is 0.00126. The third kappa shape index (κ3) is 9.35. The van der Waals surface area contributed by atoms with Crippen molar-refractivity contribution in [2.24, 2.45) is 0 Å². The van der Waals surface area contributed by atoms with Gasteiger partial charge in [0.15, 0.2) is 0 Å². The Morgan fingerprint density at radius 3 is 2.64 bits per heavy atom. The van der Waals surface area contributed by atoms with Crippen molar-refractivity contribution in [3.05, 3.63) is 41.1 Å². The van der Waals surface area contributed by atoms with Gasteiger partial charge in [-0.1, -0.05) is 32.9 Å². The highest BCUT2D eigenvalue weighted by atomic mass is 19.4. The number of aryl methyl sites for hydroxylation is 2. The number of ether oxygens (including phenoxy) is 1. The molecule has 1 aromatic carbocycles. The summed E-state index contributed by atoms with van der Waals surface area (Å²) in [6.07, 6.45) is -0.201. The number of carbonyl (C=O) groups excluding carboxylic acids is 1. The van der Waals surface area contributed by atoms with Crippen LogP contribution in [0.5, 0.6) is 0 Å². The van der Waals surface area contributed by atoms with Crippen molar-refractivity contribution in [3.63, 3.8) is 0 Å². The Balaban J connectivity index is 1.66. The van der Waals surface area contributed by atoms with Crippen LogP contribution in [0.15, 0.2) is 24.4 Å². The molecule has 0 saturated carbocycles. The van der Waals surface area contributed by atoms with E-state index in [0.717, 1.165) is 56.3 Å². The molecule has 8 nitrogen and oxygen atoms in total. The molecular weight excluding hydrogens is 509 g/mol. The minimum Gasteiger partial charge on any atom is -0.379 e. The molecule has 1 aliphatic rings. The Kier molecular flexibility index (Phi) is 11.8. The average molecular weight is 551 g/mol. The molecule has 1 saturated heterocycles. The first-order valence-corrected chi connectivity index (χ1v) is 13.9. The number of nitrogens with zero attached hydrogens (tertiary/aromatic N) is 4. The zero-order valence-corrected chi connectivity index (χ0v) is 23.2. The molecule has 0 atom stereocenters. The summed E-state index contributed by atoms with van der Waals surface area (Å²) in [4.78, 5) is 24.3. The monoisotopic (exact) mass is 550 g/mol. The Morgan fingerprint density at radius 2 is 1.92 bits per heavy atom. The lowest BCUT2D eigenvalue weighted by molar-refractivity contribution is -0.137. The number of hydrogen-bond acceptors (Lipinski definition) is 7. The van der Waals surface area contributed by atoms with Crippen LogP contribution in [0.4, 0.5) is 30.6 Å². The van der Waals surface area contributed by atoms with Crippen LogP contribution in [0.1, 0.15) is 56.7 Å². The van der Waals surface area contributed by atoms with E-state index in [9.17, 15) is 18.0 Å². The fraction of sp³-hybridized carbons (Fsp3) is 0.607. The smallest absolute Gasteiger partial charge is 0.379 e. The molecule has 2 aromatic rings. The van der Waals surface area contributed by atoms with Crippen molar-refractivity contribution in [3.8, 4) is 0 Å². The van der Waals surface area contributed by atoms with Crippen LogP contribution < -0.4 is 10.6 Å². The normalized spacial score (nSPS) is 14.5. The lowest BCUT2D eigenvalue weighted by Gasteiger charge is -2.20. The quantitative estimate of drug-likeness (QED) is 0.316. The van der Waals surface area contributed by atoms with Crippen molar-refractivity contribution >= 4 is 23.4 Å². The van der Waals surface area contributed by atoms with Gasteiger partial charge in [-0.2, -0.15) is 18.2 Å². The highest BCUT2D eigenvalue weighted by Crippen LogP contribution is 2.34. The van der Waals surface area contributed by atoms with E-state index < -0.39 is 11.7 Å². The topological polar surface area (TPSA) is 82.6 Å². The maximum atomic E-state index is 13.7. The number of halogens is 3. The van der Waals surface area contributed by atoms with Crippen molar-refractivity contribution < 1.29 is 22.7 Å². The maximum absolute atomic E-state index is 13.7. The summed E-state index contributed by atoms with van der Waals surface area (Å²) in [5.41, 5.74) is 2.14. The van der Waals surface area contributed by atoms with Crippen molar-refractivity contribution in [2.75, 3.05) is 63.1 Å². The van der Waals surface area contributed by atoms with Crippen LogP contribution in [0.25, 0.3) is 0 Å². The Bertz CT molecular complexity index is 1060. The molecule has 0 radical (unpaired) electrons. The summed E-state index contributed by atoms with van der Waals surface area (Å²) >= 11 is 0. The molecule has 0 aliphatic carbocycles. The van der Waals surface area contributed by atoms with Gasteiger partial charge in [0, 0.05) is 31.5 Å². The molecule has 1 amide bonds. The van der Waals surface area contributed by atoms with Gasteiger partial charge in [0.1, 0.15) is 11.4 Å². The van der Waals surface area contributed by atoms with Gasteiger partial charge in [0.2, 0.25) is 11.9 Å². The number of aromatic nitrogens is 2. The minimum atomic E-state index is -4.60. The third-order valence-corrected chi connectivity index (χ3v) is 6.94. The Morgan fingerprint density at radius 1 is 1.13 bits per heavy atom. The van der Waals surface area contributed by atoms with E-state index in [4.69, 9.17) is 4.74 Å². The second kappa shape index (κ2) is 15.0. The molecule has 1 fully saturated rings. The zero-order valence-electron chi connectivity index (χ0n) is 23.2. The van der Waals surface area contributed by atoms with E-state index in [0.29, 0.717) is 39.1 Å². The maximum Gasteiger partial charge on any atom is 0.421 e. The van der Waals surface area contributed by atoms with E-state index in [-0.39, 0.29) is 24.2 Å². The fourth-order valence-corrected chi connectivity index (χ4v) is 4.60. The number of anilines is 3. The predicted octanol–water partition coefficient (Wildman–Crippen LogP) is 5.13. The molecule has 11 heteroatoms. The van der Waals surface area contributed by atoms with Crippen molar-refractivity contribution in [2.45, 2.75) is 59.1 Å². The zero-order chi connectivity index (χ0) is 28.3. The number of nitrogens with one attached hydrogen (secondary N) is 2. The van der Waals surface area contributed by atoms with Crippen molar-refractivity contribution in [1.29, 1.82) is 0 Å². The Hall–Kier alpha value is -2.92. The number of alkyl halides is 3. The van der Waals surface area contributed by atoms with Crippen LogP contribution in [0, 0.1) is 0 Å². The number of carbonyl (C=O) groups is 1. The molecule has 1 aliphatic heterocycles. The predicted molar refractivity (Wildman–Crippen MR) is 147 cm³/mol. The van der Waals surface area contributed by atoms with Gasteiger partial charge < -0.3 is 25.2 Å². The molecular formula is C28H41F3N6O2. The SMILES string of the molecule is CCc1cc(CCCN(CC)CC)ccc1Nc1ncc(C(F)(F)F)c(NCCCN2CCOCCC2=O)n1. The van der Waals surface area contributed by atoms with Gasteiger partial charge in [-0.25, -0.2) is 4.98 Å². The van der Waals surface area contributed by atoms with Crippen molar-refractivity contribution in [1.82, 2.24) is 19.8 Å². The first-order chi connectivity index (χ1) is 18.7. The first kappa shape index (κ1) is 30.6. The van der Waals surface area contributed by atoms with Crippen LogP contribution in [0.2, 0.25) is 0 Å². The highest BCUT2D eigenvalue weighted by molar-refractivity contribution is 5.76. The van der Waals surface area contributed by atoms with Gasteiger partial charge in [-0.05, 0) is 62.5 Å². The number of rotatable bonds is 14. The number of benzene rings is 1. The second-order valence-corrected chi connectivity index (χ2v) is 9.58. The molecule has 39 heavy (non-hydrogen) atoms. The molecule has 2 N–H and O–H groups in total. The molecule has 0 unspecified atom stereocenters. The van der Waals surface area contributed by atoms with Crippen LogP contribution in [0.3, 0.4) is 0 Å². The van der Waals surface area contributed by atoms with Gasteiger partial charge in [-0.15, -0.1) is 0 Å².